The first-order chi connectivity index (χ1) is 11.1. The van der Waals surface area contributed by atoms with Crippen LogP contribution in [0.4, 0.5) is 0 Å². The molecule has 2 rings (SSSR count). The topological polar surface area (TPSA) is 44.8 Å². The van der Waals surface area contributed by atoms with E-state index < -0.39 is 0 Å². The maximum atomic E-state index is 12.1. The fourth-order valence-corrected chi connectivity index (χ4v) is 2.34. The summed E-state index contributed by atoms with van der Waals surface area (Å²) < 4.78 is 16.0. The standard InChI is InChI=1S/C19H20O4/c1-13(20)16(10-14-8-6-5-7-9-14)15-11-17(21-2)19(23-4)18(12-15)22-3/h5-12H,1-4H3/b16-10-. The Kier molecular flexibility index (Phi) is 5.41. The molecule has 4 nitrogen and oxygen atoms in total. The minimum Gasteiger partial charge on any atom is -0.493 e. The van der Waals surface area contributed by atoms with E-state index in [4.69, 9.17) is 14.2 Å². The van der Waals surface area contributed by atoms with Gasteiger partial charge in [-0.2, -0.15) is 0 Å². The summed E-state index contributed by atoms with van der Waals surface area (Å²) in [6, 6.07) is 13.2. The highest BCUT2D eigenvalue weighted by atomic mass is 16.5. The van der Waals surface area contributed by atoms with E-state index in [-0.39, 0.29) is 5.78 Å². The summed E-state index contributed by atoms with van der Waals surface area (Å²) in [5.41, 5.74) is 2.25. The minimum atomic E-state index is -0.0388. The lowest BCUT2D eigenvalue weighted by Gasteiger charge is -2.15. The second-order valence-corrected chi connectivity index (χ2v) is 4.94. The lowest BCUT2D eigenvalue weighted by Crippen LogP contribution is -2.00. The van der Waals surface area contributed by atoms with Gasteiger partial charge in [0.1, 0.15) is 0 Å². The minimum absolute atomic E-state index is 0.0388. The Morgan fingerprint density at radius 2 is 1.48 bits per heavy atom. The van der Waals surface area contributed by atoms with Gasteiger partial charge in [0, 0.05) is 5.57 Å². The van der Waals surface area contributed by atoms with Crippen molar-refractivity contribution < 1.29 is 19.0 Å². The third-order valence-corrected chi connectivity index (χ3v) is 3.47. The molecule has 0 aliphatic heterocycles. The molecule has 0 saturated heterocycles. The second kappa shape index (κ2) is 7.49. The smallest absolute Gasteiger partial charge is 0.203 e. The lowest BCUT2D eigenvalue weighted by atomic mass is 9.98. The van der Waals surface area contributed by atoms with Gasteiger partial charge < -0.3 is 14.2 Å². The van der Waals surface area contributed by atoms with Gasteiger partial charge in [-0.25, -0.2) is 0 Å². The molecule has 0 heterocycles. The van der Waals surface area contributed by atoms with Gasteiger partial charge in [-0.1, -0.05) is 30.3 Å². The number of allylic oxidation sites excluding steroid dienone is 1. The fourth-order valence-electron chi connectivity index (χ4n) is 2.34. The van der Waals surface area contributed by atoms with Crippen LogP contribution in [0.5, 0.6) is 17.2 Å². The number of ether oxygens (including phenoxy) is 3. The van der Waals surface area contributed by atoms with Crippen molar-refractivity contribution in [3.8, 4) is 17.2 Å². The van der Waals surface area contributed by atoms with Gasteiger partial charge in [0.15, 0.2) is 17.3 Å². The Balaban J connectivity index is 2.61. The lowest BCUT2D eigenvalue weighted by molar-refractivity contribution is -0.111. The molecular formula is C19H20O4. The first kappa shape index (κ1) is 16.6. The summed E-state index contributed by atoms with van der Waals surface area (Å²) in [7, 11) is 4.65. The van der Waals surface area contributed by atoms with Gasteiger partial charge >= 0.3 is 0 Å². The summed E-state index contributed by atoms with van der Waals surface area (Å²) in [4.78, 5) is 12.1. The molecule has 0 unspecified atom stereocenters. The van der Waals surface area contributed by atoms with Crippen LogP contribution in [0.25, 0.3) is 11.6 Å². The molecule has 0 spiro atoms. The Morgan fingerprint density at radius 1 is 0.913 bits per heavy atom. The van der Waals surface area contributed by atoms with E-state index in [1.54, 1.807) is 33.5 Å². The molecule has 0 aliphatic carbocycles. The quantitative estimate of drug-likeness (QED) is 0.600. The molecule has 4 heteroatoms. The zero-order valence-electron chi connectivity index (χ0n) is 13.8. The number of carbonyl (C=O) groups is 1. The normalized spacial score (nSPS) is 11.0. The average Bonchev–Trinajstić information content (AvgIpc) is 2.58. The van der Waals surface area contributed by atoms with Crippen LogP contribution >= 0.6 is 0 Å². The summed E-state index contributed by atoms with van der Waals surface area (Å²) >= 11 is 0. The van der Waals surface area contributed by atoms with Gasteiger partial charge in [-0.3, -0.25) is 4.79 Å². The fraction of sp³-hybridized carbons (Fsp3) is 0.211. The largest absolute Gasteiger partial charge is 0.493 e. The van der Waals surface area contributed by atoms with Crippen LogP contribution in [0.15, 0.2) is 42.5 Å². The van der Waals surface area contributed by atoms with Crippen molar-refractivity contribution in [2.45, 2.75) is 6.92 Å². The molecule has 0 N–H and O–H groups in total. The molecule has 0 amide bonds. The van der Waals surface area contributed by atoms with Crippen molar-refractivity contribution in [2.75, 3.05) is 21.3 Å². The van der Waals surface area contributed by atoms with Gasteiger partial charge in [0.05, 0.1) is 21.3 Å². The van der Waals surface area contributed by atoms with Crippen molar-refractivity contribution in [2.24, 2.45) is 0 Å². The van der Waals surface area contributed by atoms with Gasteiger partial charge in [0.25, 0.3) is 0 Å². The SMILES string of the molecule is COc1cc(/C(=C\c2ccccc2)C(C)=O)cc(OC)c1OC. The summed E-state index contributed by atoms with van der Waals surface area (Å²) in [5.74, 6) is 1.49. The van der Waals surface area contributed by atoms with E-state index in [2.05, 4.69) is 0 Å². The molecule has 0 fully saturated rings. The maximum Gasteiger partial charge on any atom is 0.203 e. The molecule has 0 aliphatic rings. The second-order valence-electron chi connectivity index (χ2n) is 4.94. The van der Waals surface area contributed by atoms with E-state index in [0.29, 0.717) is 22.8 Å². The highest BCUT2D eigenvalue weighted by molar-refractivity contribution is 6.24. The molecule has 0 saturated carbocycles. The number of rotatable bonds is 6. The Bertz CT molecular complexity index is 692. The third-order valence-electron chi connectivity index (χ3n) is 3.47. The zero-order chi connectivity index (χ0) is 16.8. The van der Waals surface area contributed by atoms with Crippen molar-refractivity contribution in [1.82, 2.24) is 0 Å². The van der Waals surface area contributed by atoms with E-state index >= 15 is 0 Å². The van der Waals surface area contributed by atoms with Crippen molar-refractivity contribution in [3.63, 3.8) is 0 Å². The number of ketones is 1. The Labute approximate surface area is 136 Å². The Morgan fingerprint density at radius 3 is 1.91 bits per heavy atom. The number of methoxy groups -OCH3 is 3. The summed E-state index contributed by atoms with van der Waals surface area (Å²) in [6.45, 7) is 1.54. The maximum absolute atomic E-state index is 12.1. The molecule has 0 radical (unpaired) electrons. The van der Waals surface area contributed by atoms with Crippen LogP contribution in [-0.2, 0) is 4.79 Å². The molecule has 2 aromatic rings. The number of Topliss-reactive ketones (excluding diaryl/α,β-unsaturated/α-hetero) is 1. The molecular weight excluding hydrogens is 292 g/mol. The summed E-state index contributed by atoms with van der Waals surface area (Å²) in [6.07, 6.45) is 1.85. The van der Waals surface area contributed by atoms with E-state index in [0.717, 1.165) is 11.1 Å². The molecule has 0 bridgehead atoms. The van der Waals surface area contributed by atoms with Crippen molar-refractivity contribution >= 4 is 17.4 Å². The molecule has 0 atom stereocenters. The third kappa shape index (κ3) is 3.72. The first-order valence-corrected chi connectivity index (χ1v) is 7.18. The average molecular weight is 312 g/mol. The van der Waals surface area contributed by atoms with E-state index in [1.165, 1.54) is 6.92 Å². The summed E-state index contributed by atoms with van der Waals surface area (Å²) in [5, 5.41) is 0. The predicted molar refractivity (Wildman–Crippen MR) is 91.1 cm³/mol. The van der Waals surface area contributed by atoms with Gasteiger partial charge in [-0.15, -0.1) is 0 Å². The monoisotopic (exact) mass is 312 g/mol. The predicted octanol–water partition coefficient (Wildman–Crippen LogP) is 3.84. The number of carbonyl (C=O) groups excluding carboxylic acids is 1. The first-order valence-electron chi connectivity index (χ1n) is 7.18. The highest BCUT2D eigenvalue weighted by Crippen LogP contribution is 2.40. The van der Waals surface area contributed by atoms with Crippen LogP contribution in [0.1, 0.15) is 18.1 Å². The van der Waals surface area contributed by atoms with Crippen molar-refractivity contribution in [1.29, 1.82) is 0 Å². The van der Waals surface area contributed by atoms with E-state index in [1.807, 2.05) is 36.4 Å². The van der Waals surface area contributed by atoms with Crippen molar-refractivity contribution in [3.05, 3.63) is 53.6 Å². The van der Waals surface area contributed by atoms with Crippen LogP contribution in [0, 0.1) is 0 Å². The number of benzene rings is 2. The molecule has 120 valence electrons. The van der Waals surface area contributed by atoms with Gasteiger partial charge in [0.2, 0.25) is 5.75 Å². The number of hydrogen-bond acceptors (Lipinski definition) is 4. The molecule has 0 aromatic heterocycles. The van der Waals surface area contributed by atoms with Gasteiger partial charge in [-0.05, 0) is 36.3 Å². The van der Waals surface area contributed by atoms with Crippen LogP contribution in [0.3, 0.4) is 0 Å². The van der Waals surface area contributed by atoms with E-state index in [9.17, 15) is 4.79 Å². The van der Waals surface area contributed by atoms with Crippen LogP contribution < -0.4 is 14.2 Å². The Hall–Kier alpha value is -2.75. The van der Waals surface area contributed by atoms with Crippen LogP contribution in [-0.4, -0.2) is 27.1 Å². The molecule has 2 aromatic carbocycles. The zero-order valence-corrected chi connectivity index (χ0v) is 13.8. The number of hydrogen-bond donors (Lipinski definition) is 0. The molecule has 23 heavy (non-hydrogen) atoms. The highest BCUT2D eigenvalue weighted by Gasteiger charge is 2.17. The van der Waals surface area contributed by atoms with Crippen LogP contribution in [0.2, 0.25) is 0 Å².